The molecule has 0 saturated heterocycles. The molecule has 1 aliphatic carbocycles. The summed E-state index contributed by atoms with van der Waals surface area (Å²) in [4.78, 5) is 2.39. The van der Waals surface area contributed by atoms with E-state index in [9.17, 15) is 0 Å². The van der Waals surface area contributed by atoms with E-state index in [0.717, 1.165) is 18.1 Å². The molecule has 0 aromatic heterocycles. The molecule has 1 aromatic carbocycles. The van der Waals surface area contributed by atoms with Gasteiger partial charge in [0.15, 0.2) is 0 Å². The molecule has 0 heterocycles. The molecule has 1 saturated carbocycles. The highest BCUT2D eigenvalue weighted by molar-refractivity contribution is 6.31. The van der Waals surface area contributed by atoms with Gasteiger partial charge in [-0.15, -0.1) is 6.58 Å². The van der Waals surface area contributed by atoms with Gasteiger partial charge >= 0.3 is 0 Å². The van der Waals surface area contributed by atoms with E-state index in [2.05, 4.69) is 48.8 Å². The van der Waals surface area contributed by atoms with E-state index >= 15 is 0 Å². The van der Waals surface area contributed by atoms with Crippen LogP contribution in [0, 0.1) is 0 Å². The zero-order chi connectivity index (χ0) is 13.8. The minimum atomic E-state index is 0.292. The molecule has 1 atom stereocenters. The first-order valence-corrected chi connectivity index (χ1v) is 7.45. The molecule has 1 aliphatic rings. The highest BCUT2D eigenvalue weighted by Crippen LogP contribution is 2.34. The molecule has 3 heteroatoms. The van der Waals surface area contributed by atoms with Gasteiger partial charge in [0, 0.05) is 29.3 Å². The lowest BCUT2D eigenvalue weighted by Gasteiger charge is -2.24. The van der Waals surface area contributed by atoms with E-state index in [0.29, 0.717) is 12.1 Å². The first-order chi connectivity index (χ1) is 9.17. The predicted octanol–water partition coefficient (Wildman–Crippen LogP) is 4.17. The Bertz CT molecular complexity index is 440. The van der Waals surface area contributed by atoms with Gasteiger partial charge in [-0.2, -0.15) is 0 Å². The standard InChI is InChI=1S/C16H23ClN2/c1-4-10-19(13-6-7-13)14-8-9-15(16(17)11-14)12(3)18-5-2/h4,8-9,11-13,18H,1,5-7,10H2,2-3H3. The molecule has 0 aliphatic heterocycles. The lowest BCUT2D eigenvalue weighted by atomic mass is 10.1. The van der Waals surface area contributed by atoms with Crippen molar-refractivity contribution < 1.29 is 0 Å². The second-order valence-electron chi connectivity index (χ2n) is 5.16. The van der Waals surface area contributed by atoms with Crippen molar-refractivity contribution in [3.63, 3.8) is 0 Å². The van der Waals surface area contributed by atoms with Crippen LogP contribution in [0.4, 0.5) is 5.69 Å². The second kappa shape index (κ2) is 6.44. The fourth-order valence-corrected chi connectivity index (χ4v) is 2.79. The fourth-order valence-electron chi connectivity index (χ4n) is 2.45. The Morgan fingerprint density at radius 2 is 2.26 bits per heavy atom. The lowest BCUT2D eigenvalue weighted by molar-refractivity contribution is 0.598. The summed E-state index contributed by atoms with van der Waals surface area (Å²) in [6.07, 6.45) is 4.52. The van der Waals surface area contributed by atoms with Crippen molar-refractivity contribution >= 4 is 17.3 Å². The van der Waals surface area contributed by atoms with E-state index in [1.807, 2.05) is 6.08 Å². The fraction of sp³-hybridized carbons (Fsp3) is 0.500. The second-order valence-corrected chi connectivity index (χ2v) is 5.56. The van der Waals surface area contributed by atoms with Gasteiger partial charge in [-0.25, -0.2) is 0 Å². The smallest absolute Gasteiger partial charge is 0.0474 e. The SMILES string of the molecule is C=CCN(c1ccc(C(C)NCC)c(Cl)c1)C1CC1. The third-order valence-electron chi connectivity index (χ3n) is 3.61. The molecule has 2 rings (SSSR count). The summed E-state index contributed by atoms with van der Waals surface area (Å²) in [6, 6.07) is 7.37. The lowest BCUT2D eigenvalue weighted by Crippen LogP contribution is -2.25. The number of nitrogens with one attached hydrogen (secondary N) is 1. The molecule has 1 fully saturated rings. The molecular weight excluding hydrogens is 256 g/mol. The van der Waals surface area contributed by atoms with Crippen molar-refractivity contribution in [1.29, 1.82) is 0 Å². The molecule has 19 heavy (non-hydrogen) atoms. The maximum Gasteiger partial charge on any atom is 0.0474 e. The Morgan fingerprint density at radius 1 is 1.53 bits per heavy atom. The summed E-state index contributed by atoms with van der Waals surface area (Å²) in [5.41, 5.74) is 2.38. The Labute approximate surface area is 121 Å². The molecule has 1 aromatic rings. The van der Waals surface area contributed by atoms with Gasteiger partial charge in [-0.1, -0.05) is 30.7 Å². The van der Waals surface area contributed by atoms with Crippen molar-refractivity contribution in [2.24, 2.45) is 0 Å². The quantitative estimate of drug-likeness (QED) is 0.753. The number of hydrogen-bond acceptors (Lipinski definition) is 2. The van der Waals surface area contributed by atoms with Crippen molar-refractivity contribution in [2.45, 2.75) is 38.8 Å². The van der Waals surface area contributed by atoms with Crippen LogP contribution >= 0.6 is 11.6 Å². The van der Waals surface area contributed by atoms with Gasteiger partial charge in [0.25, 0.3) is 0 Å². The van der Waals surface area contributed by atoms with Gasteiger partial charge in [0.1, 0.15) is 0 Å². The largest absolute Gasteiger partial charge is 0.365 e. The molecule has 0 amide bonds. The van der Waals surface area contributed by atoms with E-state index in [4.69, 9.17) is 11.6 Å². The highest BCUT2D eigenvalue weighted by atomic mass is 35.5. The summed E-state index contributed by atoms with van der Waals surface area (Å²) in [7, 11) is 0. The van der Waals surface area contributed by atoms with Crippen LogP contribution in [0.3, 0.4) is 0 Å². The van der Waals surface area contributed by atoms with Gasteiger partial charge in [-0.05, 0) is 44.0 Å². The van der Waals surface area contributed by atoms with E-state index in [1.54, 1.807) is 0 Å². The van der Waals surface area contributed by atoms with Crippen molar-refractivity contribution in [3.8, 4) is 0 Å². The molecule has 1 N–H and O–H groups in total. The highest BCUT2D eigenvalue weighted by Gasteiger charge is 2.28. The zero-order valence-electron chi connectivity index (χ0n) is 11.8. The van der Waals surface area contributed by atoms with Crippen LogP contribution < -0.4 is 10.2 Å². The van der Waals surface area contributed by atoms with Gasteiger partial charge < -0.3 is 10.2 Å². The topological polar surface area (TPSA) is 15.3 Å². The van der Waals surface area contributed by atoms with Crippen LogP contribution in [0.15, 0.2) is 30.9 Å². The van der Waals surface area contributed by atoms with Crippen LogP contribution in [0.25, 0.3) is 0 Å². The predicted molar refractivity (Wildman–Crippen MR) is 84.1 cm³/mol. The molecule has 104 valence electrons. The zero-order valence-corrected chi connectivity index (χ0v) is 12.6. The van der Waals surface area contributed by atoms with Gasteiger partial charge in [-0.3, -0.25) is 0 Å². The van der Waals surface area contributed by atoms with Crippen molar-refractivity contribution in [1.82, 2.24) is 5.32 Å². The maximum atomic E-state index is 6.44. The summed E-state index contributed by atoms with van der Waals surface area (Å²) >= 11 is 6.44. The average Bonchev–Trinajstić information content (AvgIpc) is 3.20. The molecule has 0 radical (unpaired) electrons. The summed E-state index contributed by atoms with van der Waals surface area (Å²) in [5, 5.41) is 4.25. The Kier molecular flexibility index (Phi) is 4.89. The number of benzene rings is 1. The van der Waals surface area contributed by atoms with Crippen LogP contribution in [0.5, 0.6) is 0 Å². The number of hydrogen-bond donors (Lipinski definition) is 1. The molecule has 0 bridgehead atoms. The Balaban J connectivity index is 2.19. The summed E-state index contributed by atoms with van der Waals surface area (Å²) in [5.74, 6) is 0. The van der Waals surface area contributed by atoms with E-state index in [-0.39, 0.29) is 0 Å². The first kappa shape index (κ1) is 14.4. The third kappa shape index (κ3) is 3.52. The molecule has 2 nitrogen and oxygen atoms in total. The number of halogens is 1. The number of anilines is 1. The van der Waals surface area contributed by atoms with Gasteiger partial charge in [0.2, 0.25) is 0 Å². The van der Waals surface area contributed by atoms with Crippen molar-refractivity contribution in [3.05, 3.63) is 41.4 Å². The van der Waals surface area contributed by atoms with E-state index in [1.165, 1.54) is 24.1 Å². The van der Waals surface area contributed by atoms with Crippen LogP contribution in [0.2, 0.25) is 5.02 Å². The molecule has 0 spiro atoms. The van der Waals surface area contributed by atoms with Crippen molar-refractivity contribution in [2.75, 3.05) is 18.0 Å². The Morgan fingerprint density at radius 3 is 2.79 bits per heavy atom. The molecular formula is C16H23ClN2. The average molecular weight is 279 g/mol. The van der Waals surface area contributed by atoms with E-state index < -0.39 is 0 Å². The maximum absolute atomic E-state index is 6.44. The van der Waals surface area contributed by atoms with Crippen LogP contribution in [0.1, 0.15) is 38.3 Å². The minimum Gasteiger partial charge on any atom is -0.365 e. The van der Waals surface area contributed by atoms with Gasteiger partial charge in [0.05, 0.1) is 0 Å². The first-order valence-electron chi connectivity index (χ1n) is 7.07. The number of nitrogens with zero attached hydrogens (tertiary/aromatic N) is 1. The van der Waals surface area contributed by atoms with Crippen LogP contribution in [-0.2, 0) is 0 Å². The Hall–Kier alpha value is -0.990. The van der Waals surface area contributed by atoms with Crippen LogP contribution in [-0.4, -0.2) is 19.1 Å². The minimum absolute atomic E-state index is 0.292. The molecule has 1 unspecified atom stereocenters. The normalized spacial score (nSPS) is 16.2. The summed E-state index contributed by atoms with van der Waals surface area (Å²) in [6.45, 7) is 9.94. The number of rotatable bonds is 7. The summed E-state index contributed by atoms with van der Waals surface area (Å²) < 4.78 is 0. The monoisotopic (exact) mass is 278 g/mol. The third-order valence-corrected chi connectivity index (χ3v) is 3.93.